The van der Waals surface area contributed by atoms with Crippen LogP contribution >= 0.6 is 11.6 Å². The first-order valence-corrected chi connectivity index (χ1v) is 5.81. The van der Waals surface area contributed by atoms with Crippen molar-refractivity contribution in [2.75, 3.05) is 12.3 Å². The van der Waals surface area contributed by atoms with Crippen LogP contribution in [0, 0.1) is 12.3 Å². The number of sulfonamides is 1. The van der Waals surface area contributed by atoms with Crippen LogP contribution in [0.2, 0.25) is 5.02 Å². The van der Waals surface area contributed by atoms with E-state index in [0.717, 1.165) is 0 Å². The molecule has 0 aliphatic rings. The lowest BCUT2D eigenvalue weighted by Gasteiger charge is -2.06. The SMILES string of the molecule is C#CCNS(=O)(=O)c1ccc(N)cc1Cl. The molecule has 0 amide bonds. The Morgan fingerprint density at radius 1 is 1.53 bits per heavy atom. The Kier molecular flexibility index (Phi) is 3.58. The molecule has 1 rings (SSSR count). The number of nitrogen functional groups attached to an aromatic ring is 1. The van der Waals surface area contributed by atoms with Crippen molar-refractivity contribution >= 4 is 27.3 Å². The molecule has 0 spiro atoms. The van der Waals surface area contributed by atoms with Crippen LogP contribution in [0.5, 0.6) is 0 Å². The van der Waals surface area contributed by atoms with Crippen LogP contribution in [0.25, 0.3) is 0 Å². The van der Waals surface area contributed by atoms with Gasteiger partial charge in [-0.1, -0.05) is 17.5 Å². The van der Waals surface area contributed by atoms with Gasteiger partial charge in [-0.2, -0.15) is 4.72 Å². The van der Waals surface area contributed by atoms with Crippen LogP contribution in [-0.2, 0) is 10.0 Å². The van der Waals surface area contributed by atoms with Gasteiger partial charge in [0.05, 0.1) is 11.6 Å². The molecule has 0 unspecified atom stereocenters. The van der Waals surface area contributed by atoms with Crippen molar-refractivity contribution in [2.24, 2.45) is 0 Å². The van der Waals surface area contributed by atoms with Crippen molar-refractivity contribution in [3.05, 3.63) is 23.2 Å². The summed E-state index contributed by atoms with van der Waals surface area (Å²) >= 11 is 5.74. The molecule has 0 radical (unpaired) electrons. The highest BCUT2D eigenvalue weighted by atomic mass is 35.5. The highest BCUT2D eigenvalue weighted by Gasteiger charge is 2.16. The second-order valence-electron chi connectivity index (χ2n) is 2.72. The van der Waals surface area contributed by atoms with Gasteiger partial charge in [0.15, 0.2) is 0 Å². The Morgan fingerprint density at radius 2 is 2.20 bits per heavy atom. The van der Waals surface area contributed by atoms with Gasteiger partial charge in [-0.05, 0) is 18.2 Å². The summed E-state index contributed by atoms with van der Waals surface area (Å²) in [6.07, 6.45) is 4.95. The molecule has 0 fully saturated rings. The third kappa shape index (κ3) is 2.86. The minimum absolute atomic E-state index is 0.0337. The highest BCUT2D eigenvalue weighted by Crippen LogP contribution is 2.23. The lowest BCUT2D eigenvalue weighted by Crippen LogP contribution is -2.24. The molecule has 0 heterocycles. The van der Waals surface area contributed by atoms with Crippen LogP contribution in [0.4, 0.5) is 5.69 Å². The van der Waals surface area contributed by atoms with E-state index in [0.29, 0.717) is 5.69 Å². The summed E-state index contributed by atoms with van der Waals surface area (Å²) in [5, 5.41) is 0.0690. The molecule has 0 saturated carbocycles. The van der Waals surface area contributed by atoms with Crippen molar-refractivity contribution in [3.8, 4) is 12.3 Å². The van der Waals surface area contributed by atoms with E-state index < -0.39 is 10.0 Å². The average Bonchev–Trinajstić information content (AvgIpc) is 2.14. The third-order valence-corrected chi connectivity index (χ3v) is 3.49. The van der Waals surface area contributed by atoms with E-state index in [1.807, 2.05) is 0 Å². The number of anilines is 1. The first kappa shape index (κ1) is 11.9. The molecular weight excluding hydrogens is 236 g/mol. The smallest absolute Gasteiger partial charge is 0.242 e. The number of nitrogens with one attached hydrogen (secondary N) is 1. The van der Waals surface area contributed by atoms with Gasteiger partial charge in [-0.15, -0.1) is 6.42 Å². The van der Waals surface area contributed by atoms with Crippen molar-refractivity contribution in [1.29, 1.82) is 0 Å². The Labute approximate surface area is 93.5 Å². The zero-order chi connectivity index (χ0) is 11.5. The minimum Gasteiger partial charge on any atom is -0.399 e. The van der Waals surface area contributed by atoms with Crippen molar-refractivity contribution in [1.82, 2.24) is 4.72 Å². The molecule has 6 heteroatoms. The zero-order valence-corrected chi connectivity index (χ0v) is 9.27. The van der Waals surface area contributed by atoms with Gasteiger partial charge < -0.3 is 5.73 Å². The molecule has 0 aliphatic heterocycles. The van der Waals surface area contributed by atoms with Crippen LogP contribution in [0.1, 0.15) is 0 Å². The topological polar surface area (TPSA) is 72.2 Å². The highest BCUT2D eigenvalue weighted by molar-refractivity contribution is 7.89. The average molecular weight is 245 g/mol. The molecule has 0 atom stereocenters. The van der Waals surface area contributed by atoms with Gasteiger partial charge in [0.1, 0.15) is 4.90 Å². The largest absolute Gasteiger partial charge is 0.399 e. The number of benzene rings is 1. The summed E-state index contributed by atoms with van der Waals surface area (Å²) in [4.78, 5) is -0.0337. The maximum absolute atomic E-state index is 11.6. The van der Waals surface area contributed by atoms with E-state index in [9.17, 15) is 8.42 Å². The minimum atomic E-state index is -3.65. The van der Waals surface area contributed by atoms with Crippen molar-refractivity contribution < 1.29 is 8.42 Å². The lowest BCUT2D eigenvalue weighted by atomic mass is 10.3. The normalized spacial score (nSPS) is 10.9. The van der Waals surface area contributed by atoms with Gasteiger partial charge in [-0.25, -0.2) is 8.42 Å². The summed E-state index contributed by atoms with van der Waals surface area (Å²) in [5.41, 5.74) is 5.84. The predicted octanol–water partition coefficient (Wildman–Crippen LogP) is 0.834. The fraction of sp³-hybridized carbons (Fsp3) is 0.111. The Hall–Kier alpha value is -1.22. The van der Waals surface area contributed by atoms with Crippen molar-refractivity contribution in [2.45, 2.75) is 4.90 Å². The first-order chi connectivity index (χ1) is 6.97. The van der Waals surface area contributed by atoms with E-state index in [2.05, 4.69) is 10.6 Å². The Morgan fingerprint density at radius 3 is 2.73 bits per heavy atom. The molecule has 15 heavy (non-hydrogen) atoms. The van der Waals surface area contributed by atoms with Gasteiger partial charge in [0, 0.05) is 5.69 Å². The summed E-state index contributed by atoms with van der Waals surface area (Å²) in [6.45, 7) is -0.0803. The zero-order valence-electron chi connectivity index (χ0n) is 7.70. The van der Waals surface area contributed by atoms with Crippen molar-refractivity contribution in [3.63, 3.8) is 0 Å². The number of nitrogens with two attached hydrogens (primary N) is 1. The van der Waals surface area contributed by atoms with E-state index in [-0.39, 0.29) is 16.5 Å². The maximum Gasteiger partial charge on any atom is 0.242 e. The summed E-state index contributed by atoms with van der Waals surface area (Å²) in [5.74, 6) is 2.17. The van der Waals surface area contributed by atoms with E-state index in [4.69, 9.17) is 23.8 Å². The predicted molar refractivity (Wildman–Crippen MR) is 59.9 cm³/mol. The molecule has 3 N–H and O–H groups in total. The van der Waals surface area contributed by atoms with Crippen LogP contribution < -0.4 is 10.5 Å². The molecular formula is C9H9ClN2O2S. The number of halogens is 1. The van der Waals surface area contributed by atoms with E-state index in [1.54, 1.807) is 0 Å². The van der Waals surface area contributed by atoms with Crippen LogP contribution in [0.15, 0.2) is 23.1 Å². The Balaban J connectivity index is 3.12. The fourth-order valence-corrected chi connectivity index (χ4v) is 2.43. The summed E-state index contributed by atoms with van der Waals surface area (Å²) in [7, 11) is -3.65. The fourth-order valence-electron chi connectivity index (χ4n) is 0.949. The van der Waals surface area contributed by atoms with Crippen LogP contribution in [0.3, 0.4) is 0 Å². The molecule has 80 valence electrons. The molecule has 1 aromatic carbocycles. The maximum atomic E-state index is 11.6. The number of hydrogen-bond donors (Lipinski definition) is 2. The molecule has 0 aromatic heterocycles. The quantitative estimate of drug-likeness (QED) is 0.611. The molecule has 0 bridgehead atoms. The van der Waals surface area contributed by atoms with Gasteiger partial charge in [-0.3, -0.25) is 0 Å². The van der Waals surface area contributed by atoms with Gasteiger partial charge >= 0.3 is 0 Å². The molecule has 1 aromatic rings. The van der Waals surface area contributed by atoms with Gasteiger partial charge in [0.25, 0.3) is 0 Å². The van der Waals surface area contributed by atoms with E-state index >= 15 is 0 Å². The van der Waals surface area contributed by atoms with E-state index in [1.165, 1.54) is 18.2 Å². The summed E-state index contributed by atoms with van der Waals surface area (Å²) in [6, 6.07) is 4.15. The monoisotopic (exact) mass is 244 g/mol. The lowest BCUT2D eigenvalue weighted by molar-refractivity contribution is 0.586. The summed E-state index contributed by atoms with van der Waals surface area (Å²) < 4.78 is 25.4. The Bertz CT molecular complexity index is 505. The second kappa shape index (κ2) is 4.53. The molecule has 0 aliphatic carbocycles. The van der Waals surface area contributed by atoms with Crippen LogP contribution in [-0.4, -0.2) is 15.0 Å². The van der Waals surface area contributed by atoms with Gasteiger partial charge in [0.2, 0.25) is 10.0 Å². The third-order valence-electron chi connectivity index (χ3n) is 1.61. The number of hydrogen-bond acceptors (Lipinski definition) is 3. The number of rotatable bonds is 3. The standard InChI is InChI=1S/C9H9ClN2O2S/c1-2-5-12-15(13,14)9-4-3-7(11)6-8(9)10/h1,3-4,6,12H,5,11H2. The molecule has 0 saturated heterocycles. The number of terminal acetylenes is 1. The first-order valence-electron chi connectivity index (χ1n) is 3.95. The molecule has 4 nitrogen and oxygen atoms in total. The second-order valence-corrected chi connectivity index (χ2v) is 4.86.